The molecule has 0 saturated carbocycles. The second kappa shape index (κ2) is 7.32. The first kappa shape index (κ1) is 16.2. The van der Waals surface area contributed by atoms with Crippen LogP contribution < -0.4 is 9.47 Å². The third-order valence-electron chi connectivity index (χ3n) is 4.38. The Morgan fingerprint density at radius 2 is 1.23 bits per heavy atom. The van der Waals surface area contributed by atoms with Crippen molar-refractivity contribution in [2.75, 3.05) is 0 Å². The van der Waals surface area contributed by atoms with Crippen LogP contribution >= 0.6 is 0 Å². The van der Waals surface area contributed by atoms with Gasteiger partial charge in [-0.1, -0.05) is 72.8 Å². The highest BCUT2D eigenvalue weighted by atomic mass is 16.5. The van der Waals surface area contributed by atoms with Crippen molar-refractivity contribution < 1.29 is 9.47 Å². The normalized spacial score (nSPS) is 18.8. The Hall–Kier alpha value is -3.26. The van der Waals surface area contributed by atoms with E-state index < -0.39 is 5.60 Å². The molecule has 0 N–H and O–H groups in total. The number of hydrogen-bond acceptors (Lipinski definition) is 2. The molecular weight excluding hydrogens is 320 g/mol. The van der Waals surface area contributed by atoms with E-state index in [0.717, 1.165) is 22.8 Å². The first-order valence-electron chi connectivity index (χ1n) is 8.75. The summed E-state index contributed by atoms with van der Waals surface area (Å²) < 4.78 is 12.6. The molecule has 0 aliphatic heterocycles. The highest BCUT2D eigenvalue weighted by Gasteiger charge is 2.35. The van der Waals surface area contributed by atoms with Gasteiger partial charge in [0.15, 0.2) is 5.60 Å². The van der Waals surface area contributed by atoms with Gasteiger partial charge in [0.1, 0.15) is 17.3 Å². The third-order valence-corrected chi connectivity index (χ3v) is 4.38. The van der Waals surface area contributed by atoms with Gasteiger partial charge in [-0.25, -0.2) is 0 Å². The van der Waals surface area contributed by atoms with E-state index in [1.165, 1.54) is 0 Å². The average Bonchev–Trinajstić information content (AvgIpc) is 2.70. The fourth-order valence-corrected chi connectivity index (χ4v) is 3.14. The molecule has 0 bridgehead atoms. The Morgan fingerprint density at radius 3 is 1.88 bits per heavy atom. The molecule has 0 amide bonds. The molecule has 2 nitrogen and oxygen atoms in total. The zero-order valence-corrected chi connectivity index (χ0v) is 14.4. The van der Waals surface area contributed by atoms with Crippen LogP contribution in [-0.2, 0) is 5.60 Å². The second-order valence-electron chi connectivity index (χ2n) is 6.25. The molecule has 2 heteroatoms. The minimum absolute atomic E-state index is 0.596. The largest absolute Gasteiger partial charge is 0.478 e. The topological polar surface area (TPSA) is 18.5 Å². The number of allylic oxidation sites excluding steroid dienone is 2. The molecule has 0 radical (unpaired) electrons. The minimum Gasteiger partial charge on any atom is -0.478 e. The summed E-state index contributed by atoms with van der Waals surface area (Å²) in [4.78, 5) is 0. The molecule has 3 aromatic carbocycles. The summed E-state index contributed by atoms with van der Waals surface area (Å²) in [6.07, 6.45) is 6.74. The van der Waals surface area contributed by atoms with Crippen LogP contribution in [-0.4, -0.2) is 0 Å². The fourth-order valence-electron chi connectivity index (χ4n) is 3.14. The first-order chi connectivity index (χ1) is 12.8. The number of hydrogen-bond donors (Lipinski definition) is 0. The number of benzene rings is 3. The SMILES string of the molecule is C1=CC(Oc2ccccc2)(c2ccccc2)CC(Oc2ccccc2)=C1. The lowest BCUT2D eigenvalue weighted by molar-refractivity contribution is 0.105. The molecule has 0 fully saturated rings. The van der Waals surface area contributed by atoms with E-state index in [2.05, 4.69) is 18.2 Å². The Labute approximate surface area is 154 Å². The van der Waals surface area contributed by atoms with Gasteiger partial charge in [-0.2, -0.15) is 0 Å². The lowest BCUT2D eigenvalue weighted by atomic mass is 9.86. The summed E-state index contributed by atoms with van der Waals surface area (Å²) in [5, 5.41) is 0. The molecule has 0 saturated heterocycles. The van der Waals surface area contributed by atoms with Crippen molar-refractivity contribution in [2.45, 2.75) is 12.0 Å². The summed E-state index contributed by atoms with van der Waals surface area (Å²) in [7, 11) is 0. The second-order valence-corrected chi connectivity index (χ2v) is 6.25. The van der Waals surface area contributed by atoms with Crippen LogP contribution in [0, 0.1) is 0 Å². The van der Waals surface area contributed by atoms with Crippen molar-refractivity contribution in [2.24, 2.45) is 0 Å². The molecule has 0 aromatic heterocycles. The molecular formula is C24H20O2. The summed E-state index contributed by atoms with van der Waals surface area (Å²) in [6, 6.07) is 30.0. The van der Waals surface area contributed by atoms with E-state index in [1.807, 2.05) is 91.0 Å². The number of rotatable bonds is 5. The molecule has 128 valence electrons. The minimum atomic E-state index is -0.596. The number of para-hydroxylation sites is 2. The Morgan fingerprint density at radius 1 is 0.654 bits per heavy atom. The molecule has 1 aliphatic carbocycles. The van der Waals surface area contributed by atoms with E-state index in [0.29, 0.717) is 6.42 Å². The van der Waals surface area contributed by atoms with E-state index in [9.17, 15) is 0 Å². The first-order valence-corrected chi connectivity index (χ1v) is 8.75. The molecule has 3 aromatic rings. The molecule has 1 unspecified atom stereocenters. The maximum atomic E-state index is 6.49. The molecule has 1 atom stereocenters. The average molecular weight is 340 g/mol. The van der Waals surface area contributed by atoms with E-state index in [4.69, 9.17) is 9.47 Å². The van der Waals surface area contributed by atoms with Gasteiger partial charge in [-0.05, 0) is 42.0 Å². The van der Waals surface area contributed by atoms with Crippen molar-refractivity contribution in [3.63, 3.8) is 0 Å². The van der Waals surface area contributed by atoms with E-state index >= 15 is 0 Å². The van der Waals surface area contributed by atoms with Crippen LogP contribution in [0.1, 0.15) is 12.0 Å². The van der Waals surface area contributed by atoms with Gasteiger partial charge in [0.05, 0.1) is 6.42 Å². The Balaban J connectivity index is 1.66. The monoisotopic (exact) mass is 340 g/mol. The van der Waals surface area contributed by atoms with Crippen molar-refractivity contribution in [1.82, 2.24) is 0 Å². The Bertz CT molecular complexity index is 899. The lowest BCUT2D eigenvalue weighted by Gasteiger charge is -2.34. The number of ether oxygens (including phenoxy) is 2. The maximum Gasteiger partial charge on any atom is 0.159 e. The zero-order valence-electron chi connectivity index (χ0n) is 14.4. The van der Waals surface area contributed by atoms with Crippen LogP contribution in [0.3, 0.4) is 0 Å². The highest BCUT2D eigenvalue weighted by molar-refractivity contribution is 5.38. The van der Waals surface area contributed by atoms with Crippen LogP contribution in [0.25, 0.3) is 0 Å². The zero-order chi connectivity index (χ0) is 17.7. The molecule has 4 rings (SSSR count). The quantitative estimate of drug-likeness (QED) is 0.577. The van der Waals surface area contributed by atoms with Gasteiger partial charge in [0.2, 0.25) is 0 Å². The van der Waals surface area contributed by atoms with Crippen molar-refractivity contribution in [1.29, 1.82) is 0 Å². The Kier molecular flexibility index (Phi) is 4.57. The lowest BCUT2D eigenvalue weighted by Crippen LogP contribution is -2.33. The summed E-state index contributed by atoms with van der Waals surface area (Å²) in [6.45, 7) is 0. The van der Waals surface area contributed by atoms with Crippen molar-refractivity contribution in [3.05, 3.63) is 121 Å². The van der Waals surface area contributed by atoms with Gasteiger partial charge < -0.3 is 9.47 Å². The van der Waals surface area contributed by atoms with Crippen molar-refractivity contribution in [3.8, 4) is 11.5 Å². The summed E-state index contributed by atoms with van der Waals surface area (Å²) in [5.41, 5.74) is 0.504. The van der Waals surface area contributed by atoms with Crippen LogP contribution in [0.4, 0.5) is 0 Å². The predicted molar refractivity (Wildman–Crippen MR) is 104 cm³/mol. The highest BCUT2D eigenvalue weighted by Crippen LogP contribution is 2.38. The van der Waals surface area contributed by atoms with Crippen LogP contribution in [0.5, 0.6) is 11.5 Å². The maximum absolute atomic E-state index is 6.49. The van der Waals surface area contributed by atoms with Crippen LogP contribution in [0.15, 0.2) is 115 Å². The van der Waals surface area contributed by atoms with E-state index in [1.54, 1.807) is 0 Å². The smallest absolute Gasteiger partial charge is 0.159 e. The van der Waals surface area contributed by atoms with Crippen LogP contribution in [0.2, 0.25) is 0 Å². The van der Waals surface area contributed by atoms with Gasteiger partial charge in [-0.3, -0.25) is 0 Å². The van der Waals surface area contributed by atoms with Gasteiger partial charge in [-0.15, -0.1) is 0 Å². The predicted octanol–water partition coefficient (Wildman–Crippen LogP) is 5.88. The molecule has 1 aliphatic rings. The summed E-state index contributed by atoms with van der Waals surface area (Å²) >= 11 is 0. The summed E-state index contributed by atoms with van der Waals surface area (Å²) in [5.74, 6) is 2.54. The third kappa shape index (κ3) is 3.55. The molecule has 26 heavy (non-hydrogen) atoms. The van der Waals surface area contributed by atoms with Gasteiger partial charge >= 0.3 is 0 Å². The van der Waals surface area contributed by atoms with Gasteiger partial charge in [0, 0.05) is 0 Å². The van der Waals surface area contributed by atoms with Gasteiger partial charge in [0.25, 0.3) is 0 Å². The van der Waals surface area contributed by atoms with Crippen molar-refractivity contribution >= 4 is 0 Å². The molecule has 0 heterocycles. The fraction of sp³-hybridized carbons (Fsp3) is 0.0833. The van der Waals surface area contributed by atoms with E-state index in [-0.39, 0.29) is 0 Å². The molecule has 0 spiro atoms. The standard InChI is InChI=1S/C24H20O2/c1-4-11-20(12-5-1)24(26-22-15-8-3-9-16-22)18-10-17-23(19-24)25-21-13-6-2-7-14-21/h1-18H,19H2.